The van der Waals surface area contributed by atoms with E-state index in [0.29, 0.717) is 11.4 Å². The Labute approximate surface area is 133 Å². The van der Waals surface area contributed by atoms with Gasteiger partial charge in [-0.1, -0.05) is 6.07 Å². The molecule has 120 valence electrons. The summed E-state index contributed by atoms with van der Waals surface area (Å²) in [5, 5.41) is 2.65. The first kappa shape index (κ1) is 15.4. The molecule has 0 unspecified atom stereocenters. The van der Waals surface area contributed by atoms with Crippen molar-refractivity contribution in [2.45, 2.75) is 19.3 Å². The van der Waals surface area contributed by atoms with E-state index < -0.39 is 11.6 Å². The van der Waals surface area contributed by atoms with Crippen molar-refractivity contribution in [3.05, 3.63) is 53.9 Å². The topological polar surface area (TPSA) is 45.2 Å². The molecule has 0 atom stereocenters. The number of benzene rings is 1. The lowest BCUT2D eigenvalue weighted by atomic mass is 10.1. The number of aromatic nitrogens is 1. The number of hydrogen-bond donors (Lipinski definition) is 1. The number of rotatable bonds is 3. The summed E-state index contributed by atoms with van der Waals surface area (Å²) >= 11 is 0. The number of piperidine rings is 1. The highest BCUT2D eigenvalue weighted by Crippen LogP contribution is 2.23. The number of carbonyl (C=O) groups excluding carboxylic acids is 1. The first-order valence-electron chi connectivity index (χ1n) is 7.61. The zero-order valence-corrected chi connectivity index (χ0v) is 12.6. The highest BCUT2D eigenvalue weighted by Gasteiger charge is 2.19. The van der Waals surface area contributed by atoms with Crippen LogP contribution in [0, 0.1) is 11.6 Å². The molecule has 1 fully saturated rings. The zero-order valence-electron chi connectivity index (χ0n) is 12.6. The van der Waals surface area contributed by atoms with Crippen LogP contribution >= 0.6 is 0 Å². The maximum Gasteiger partial charge on any atom is 0.272 e. The number of pyridine rings is 1. The molecule has 0 bridgehead atoms. The van der Waals surface area contributed by atoms with Crippen LogP contribution in [0.15, 0.2) is 36.5 Å². The fourth-order valence-electron chi connectivity index (χ4n) is 2.61. The predicted octanol–water partition coefficient (Wildman–Crippen LogP) is 3.73. The van der Waals surface area contributed by atoms with Crippen LogP contribution in [-0.4, -0.2) is 28.9 Å². The Morgan fingerprint density at radius 1 is 1.04 bits per heavy atom. The van der Waals surface area contributed by atoms with Gasteiger partial charge in [0.2, 0.25) is 0 Å². The lowest BCUT2D eigenvalue weighted by molar-refractivity contribution is 0.0718. The van der Waals surface area contributed by atoms with E-state index in [0.717, 1.165) is 32.4 Å². The number of halogens is 2. The average molecular weight is 317 g/mol. The maximum absolute atomic E-state index is 13.6. The molecule has 6 heteroatoms. The largest absolute Gasteiger partial charge is 0.349 e. The minimum Gasteiger partial charge on any atom is -0.349 e. The van der Waals surface area contributed by atoms with Crippen LogP contribution in [0.2, 0.25) is 0 Å². The Morgan fingerprint density at radius 2 is 1.74 bits per heavy atom. The second-order valence-electron chi connectivity index (χ2n) is 5.51. The van der Waals surface area contributed by atoms with E-state index in [-0.39, 0.29) is 11.6 Å². The van der Waals surface area contributed by atoms with Gasteiger partial charge in [0.1, 0.15) is 23.0 Å². The molecule has 0 saturated carbocycles. The van der Waals surface area contributed by atoms with E-state index in [1.54, 1.807) is 17.0 Å². The monoisotopic (exact) mass is 317 g/mol. The summed E-state index contributed by atoms with van der Waals surface area (Å²) in [6.07, 6.45) is 4.58. The molecule has 4 nitrogen and oxygen atoms in total. The van der Waals surface area contributed by atoms with E-state index in [4.69, 9.17) is 0 Å². The van der Waals surface area contributed by atoms with Gasteiger partial charge in [-0.3, -0.25) is 4.79 Å². The standard InChI is InChI=1S/C17H17F2N3O/c18-13-5-4-6-14(19)16(13)21-12-7-8-15(20-11-12)17(23)22-9-2-1-3-10-22/h4-8,11,21H,1-3,9-10H2. The van der Waals surface area contributed by atoms with Crippen LogP contribution in [-0.2, 0) is 0 Å². The number of amides is 1. The van der Waals surface area contributed by atoms with Crippen molar-refractivity contribution in [2.75, 3.05) is 18.4 Å². The van der Waals surface area contributed by atoms with E-state index in [2.05, 4.69) is 10.3 Å². The molecular weight excluding hydrogens is 300 g/mol. The molecule has 1 aliphatic heterocycles. The lowest BCUT2D eigenvalue weighted by Gasteiger charge is -2.26. The Hall–Kier alpha value is -2.50. The highest BCUT2D eigenvalue weighted by atomic mass is 19.1. The molecule has 1 N–H and O–H groups in total. The lowest BCUT2D eigenvalue weighted by Crippen LogP contribution is -2.36. The van der Waals surface area contributed by atoms with Gasteiger partial charge in [0.05, 0.1) is 11.9 Å². The SMILES string of the molecule is O=C(c1ccc(Nc2c(F)cccc2F)cn1)N1CCCCC1. The zero-order chi connectivity index (χ0) is 16.2. The molecule has 2 heterocycles. The second-order valence-corrected chi connectivity index (χ2v) is 5.51. The number of anilines is 2. The molecule has 0 radical (unpaired) electrons. The summed E-state index contributed by atoms with van der Waals surface area (Å²) in [5.41, 5.74) is 0.528. The first-order valence-corrected chi connectivity index (χ1v) is 7.61. The number of hydrogen-bond acceptors (Lipinski definition) is 3. The quantitative estimate of drug-likeness (QED) is 0.938. The van der Waals surface area contributed by atoms with Gasteiger partial charge in [0.25, 0.3) is 5.91 Å². The summed E-state index contributed by atoms with van der Waals surface area (Å²) < 4.78 is 27.2. The van der Waals surface area contributed by atoms with Gasteiger partial charge >= 0.3 is 0 Å². The van der Waals surface area contributed by atoms with E-state index in [9.17, 15) is 13.6 Å². The molecule has 23 heavy (non-hydrogen) atoms. The van der Waals surface area contributed by atoms with E-state index in [1.807, 2.05) is 0 Å². The molecule has 0 aliphatic carbocycles. The fraction of sp³-hybridized carbons (Fsp3) is 0.294. The maximum atomic E-state index is 13.6. The number of nitrogens with one attached hydrogen (secondary N) is 1. The number of para-hydroxylation sites is 1. The van der Waals surface area contributed by atoms with Gasteiger partial charge in [-0.05, 0) is 43.5 Å². The smallest absolute Gasteiger partial charge is 0.272 e. The normalized spacial score (nSPS) is 14.6. The summed E-state index contributed by atoms with van der Waals surface area (Å²) in [4.78, 5) is 18.2. The minimum atomic E-state index is -0.682. The number of carbonyl (C=O) groups is 1. The van der Waals surface area contributed by atoms with Crippen molar-refractivity contribution in [1.29, 1.82) is 0 Å². The van der Waals surface area contributed by atoms with Crippen molar-refractivity contribution in [1.82, 2.24) is 9.88 Å². The van der Waals surface area contributed by atoms with Crippen LogP contribution in [0.4, 0.5) is 20.2 Å². The van der Waals surface area contributed by atoms with Crippen molar-refractivity contribution in [3.63, 3.8) is 0 Å². The first-order chi connectivity index (χ1) is 11.1. The van der Waals surface area contributed by atoms with Gasteiger partial charge in [0.15, 0.2) is 0 Å². The fourth-order valence-corrected chi connectivity index (χ4v) is 2.61. The Bertz CT molecular complexity index is 677. The molecule has 1 aromatic carbocycles. The van der Waals surface area contributed by atoms with Crippen LogP contribution in [0.1, 0.15) is 29.8 Å². The second kappa shape index (κ2) is 6.73. The van der Waals surface area contributed by atoms with Crippen molar-refractivity contribution < 1.29 is 13.6 Å². The summed E-state index contributed by atoms with van der Waals surface area (Å²) in [6.45, 7) is 1.50. The summed E-state index contributed by atoms with van der Waals surface area (Å²) in [5.74, 6) is -1.47. The third kappa shape index (κ3) is 3.47. The molecule has 2 aromatic rings. The molecule has 1 aromatic heterocycles. The molecule has 3 rings (SSSR count). The van der Waals surface area contributed by atoms with Crippen LogP contribution in [0.25, 0.3) is 0 Å². The van der Waals surface area contributed by atoms with Gasteiger partial charge < -0.3 is 10.2 Å². The van der Waals surface area contributed by atoms with Gasteiger partial charge in [-0.25, -0.2) is 13.8 Å². The highest BCUT2D eigenvalue weighted by molar-refractivity contribution is 5.92. The van der Waals surface area contributed by atoms with Crippen molar-refractivity contribution >= 4 is 17.3 Å². The van der Waals surface area contributed by atoms with Gasteiger partial charge in [0, 0.05) is 13.1 Å². The Kier molecular flexibility index (Phi) is 4.50. The minimum absolute atomic E-state index is 0.103. The predicted molar refractivity (Wildman–Crippen MR) is 83.6 cm³/mol. The van der Waals surface area contributed by atoms with Crippen LogP contribution < -0.4 is 5.32 Å². The average Bonchev–Trinajstić information content (AvgIpc) is 2.59. The van der Waals surface area contributed by atoms with E-state index in [1.165, 1.54) is 24.4 Å². The Balaban J connectivity index is 1.73. The Morgan fingerprint density at radius 3 is 2.35 bits per heavy atom. The van der Waals surface area contributed by atoms with Gasteiger partial charge in [-0.15, -0.1) is 0 Å². The number of nitrogens with zero attached hydrogens (tertiary/aromatic N) is 2. The summed E-state index contributed by atoms with van der Waals surface area (Å²) in [7, 11) is 0. The molecule has 0 spiro atoms. The van der Waals surface area contributed by atoms with Crippen molar-refractivity contribution in [2.24, 2.45) is 0 Å². The third-order valence-electron chi connectivity index (χ3n) is 3.86. The molecular formula is C17H17F2N3O. The van der Waals surface area contributed by atoms with Crippen LogP contribution in [0.5, 0.6) is 0 Å². The van der Waals surface area contributed by atoms with Crippen molar-refractivity contribution in [3.8, 4) is 0 Å². The van der Waals surface area contributed by atoms with Crippen LogP contribution in [0.3, 0.4) is 0 Å². The van der Waals surface area contributed by atoms with Gasteiger partial charge in [-0.2, -0.15) is 0 Å². The molecule has 1 saturated heterocycles. The molecule has 1 amide bonds. The number of likely N-dealkylation sites (tertiary alicyclic amines) is 1. The molecule has 1 aliphatic rings. The third-order valence-corrected chi connectivity index (χ3v) is 3.86. The summed E-state index contributed by atoms with van der Waals surface area (Å²) in [6, 6.07) is 6.81. The van der Waals surface area contributed by atoms with E-state index >= 15 is 0 Å².